The lowest BCUT2D eigenvalue weighted by Crippen LogP contribution is -2.33. The van der Waals surface area contributed by atoms with Crippen molar-refractivity contribution in [2.75, 3.05) is 6.54 Å². The summed E-state index contributed by atoms with van der Waals surface area (Å²) in [5.41, 5.74) is 6.66. The van der Waals surface area contributed by atoms with Crippen LogP contribution in [0.25, 0.3) is 0 Å². The van der Waals surface area contributed by atoms with Crippen LogP contribution in [0.2, 0.25) is 0 Å². The van der Waals surface area contributed by atoms with Gasteiger partial charge in [-0.2, -0.15) is 0 Å². The highest BCUT2D eigenvalue weighted by molar-refractivity contribution is 5.36. The topological polar surface area (TPSA) is 46.2 Å². The molecule has 17 heavy (non-hydrogen) atoms. The van der Waals surface area contributed by atoms with Crippen LogP contribution in [0.3, 0.4) is 0 Å². The van der Waals surface area contributed by atoms with Gasteiger partial charge in [-0.1, -0.05) is 12.8 Å². The van der Waals surface area contributed by atoms with Crippen LogP contribution in [0.15, 0.2) is 12.1 Å². The molecule has 0 amide bonds. The molecule has 0 unspecified atom stereocenters. The number of hydrogen-bond acceptors (Lipinski definition) is 2. The molecule has 4 heteroatoms. The van der Waals surface area contributed by atoms with Crippen molar-refractivity contribution in [2.24, 2.45) is 5.73 Å². The second kappa shape index (κ2) is 4.70. The van der Waals surface area contributed by atoms with Gasteiger partial charge in [0, 0.05) is 12.0 Å². The quantitative estimate of drug-likeness (QED) is 0.852. The summed E-state index contributed by atoms with van der Waals surface area (Å²) in [5, 5.41) is 9.27. The zero-order valence-electron chi connectivity index (χ0n) is 9.68. The van der Waals surface area contributed by atoms with E-state index in [9.17, 15) is 13.9 Å². The summed E-state index contributed by atoms with van der Waals surface area (Å²) in [7, 11) is 0. The molecule has 1 aliphatic rings. The summed E-state index contributed by atoms with van der Waals surface area (Å²) >= 11 is 0. The van der Waals surface area contributed by atoms with Gasteiger partial charge in [0.2, 0.25) is 0 Å². The molecule has 1 saturated carbocycles. The fourth-order valence-electron chi connectivity index (χ4n) is 2.85. The Morgan fingerprint density at radius 1 is 1.18 bits per heavy atom. The maximum atomic E-state index is 13.4. The fourth-order valence-corrected chi connectivity index (χ4v) is 2.85. The van der Waals surface area contributed by atoms with Crippen molar-refractivity contribution in [1.82, 2.24) is 0 Å². The molecule has 0 atom stereocenters. The van der Waals surface area contributed by atoms with Gasteiger partial charge in [-0.15, -0.1) is 0 Å². The average Bonchev–Trinajstić information content (AvgIpc) is 2.82. The molecular weight excluding hydrogens is 224 g/mol. The van der Waals surface area contributed by atoms with E-state index in [1.807, 2.05) is 0 Å². The molecule has 0 aliphatic heterocycles. The summed E-state index contributed by atoms with van der Waals surface area (Å²) in [6, 6.07) is 2.29. The molecule has 1 aromatic carbocycles. The Hall–Kier alpha value is -1.00. The molecular formula is C13H17F2NO. The predicted molar refractivity (Wildman–Crippen MR) is 61.5 cm³/mol. The van der Waals surface area contributed by atoms with Crippen molar-refractivity contribution in [2.45, 2.75) is 37.7 Å². The predicted octanol–water partition coefficient (Wildman–Crippen LogP) is 2.23. The Labute approximate surface area is 99.4 Å². The van der Waals surface area contributed by atoms with Crippen LogP contribution in [0, 0.1) is 11.6 Å². The minimum atomic E-state index is -0.914. The van der Waals surface area contributed by atoms with Gasteiger partial charge in [0.15, 0.2) is 11.6 Å². The Morgan fingerprint density at radius 2 is 1.76 bits per heavy atom. The van der Waals surface area contributed by atoms with Crippen LogP contribution in [-0.2, 0) is 12.0 Å². The number of hydrogen-bond donors (Lipinski definition) is 2. The van der Waals surface area contributed by atoms with E-state index in [2.05, 4.69) is 0 Å². The summed E-state index contributed by atoms with van der Waals surface area (Å²) in [6.45, 7) is 0.124. The van der Waals surface area contributed by atoms with Crippen LogP contribution in [0.4, 0.5) is 8.78 Å². The van der Waals surface area contributed by atoms with Crippen molar-refractivity contribution < 1.29 is 13.9 Å². The number of halogens is 2. The Morgan fingerprint density at radius 3 is 2.29 bits per heavy atom. The Bertz CT molecular complexity index is 414. The van der Waals surface area contributed by atoms with Gasteiger partial charge < -0.3 is 10.8 Å². The lowest BCUT2D eigenvalue weighted by molar-refractivity contribution is 0.275. The standard InChI is InChI=1S/C13H17F2NO/c14-11-5-9(7-17)10(6-12(11)15)13(8-16)3-1-2-4-13/h5-6,17H,1-4,7-8,16H2. The molecule has 1 aliphatic carbocycles. The first-order valence-electron chi connectivity index (χ1n) is 5.92. The van der Waals surface area contributed by atoms with Crippen LogP contribution >= 0.6 is 0 Å². The SMILES string of the molecule is NCC1(c2cc(F)c(F)cc2CO)CCCC1. The molecule has 0 heterocycles. The molecule has 2 rings (SSSR count). The Kier molecular flexibility index (Phi) is 3.45. The van der Waals surface area contributed by atoms with Gasteiger partial charge in [0.25, 0.3) is 0 Å². The van der Waals surface area contributed by atoms with E-state index >= 15 is 0 Å². The molecule has 0 saturated heterocycles. The maximum Gasteiger partial charge on any atom is 0.159 e. The van der Waals surface area contributed by atoms with E-state index in [0.29, 0.717) is 17.7 Å². The highest BCUT2D eigenvalue weighted by Gasteiger charge is 2.36. The van der Waals surface area contributed by atoms with Crippen molar-refractivity contribution >= 4 is 0 Å². The fraction of sp³-hybridized carbons (Fsp3) is 0.538. The second-order valence-electron chi connectivity index (χ2n) is 4.77. The highest BCUT2D eigenvalue weighted by Crippen LogP contribution is 2.42. The third-order valence-electron chi connectivity index (χ3n) is 3.84. The van der Waals surface area contributed by atoms with Crippen LogP contribution in [-0.4, -0.2) is 11.7 Å². The molecule has 3 N–H and O–H groups in total. The number of rotatable bonds is 3. The summed E-state index contributed by atoms with van der Waals surface area (Å²) in [6.07, 6.45) is 3.84. The van der Waals surface area contributed by atoms with Crippen molar-refractivity contribution in [3.63, 3.8) is 0 Å². The normalized spacial score (nSPS) is 18.6. The maximum absolute atomic E-state index is 13.4. The minimum Gasteiger partial charge on any atom is -0.392 e. The highest BCUT2D eigenvalue weighted by atomic mass is 19.2. The number of benzene rings is 1. The van der Waals surface area contributed by atoms with E-state index in [-0.39, 0.29) is 12.0 Å². The van der Waals surface area contributed by atoms with Gasteiger partial charge in [0.05, 0.1) is 6.61 Å². The van der Waals surface area contributed by atoms with Gasteiger partial charge in [-0.05, 0) is 36.1 Å². The molecule has 0 spiro atoms. The molecule has 0 radical (unpaired) electrons. The zero-order valence-corrected chi connectivity index (χ0v) is 9.68. The molecule has 1 aromatic rings. The molecule has 0 aromatic heterocycles. The molecule has 2 nitrogen and oxygen atoms in total. The van der Waals surface area contributed by atoms with Crippen LogP contribution < -0.4 is 5.73 Å². The first kappa shape index (κ1) is 12.5. The first-order valence-corrected chi connectivity index (χ1v) is 5.92. The number of aliphatic hydroxyl groups excluding tert-OH is 1. The van der Waals surface area contributed by atoms with Crippen molar-refractivity contribution in [3.05, 3.63) is 34.9 Å². The van der Waals surface area contributed by atoms with Crippen molar-refractivity contribution in [1.29, 1.82) is 0 Å². The second-order valence-corrected chi connectivity index (χ2v) is 4.77. The number of aliphatic hydroxyl groups is 1. The van der Waals surface area contributed by atoms with Crippen molar-refractivity contribution in [3.8, 4) is 0 Å². The van der Waals surface area contributed by atoms with E-state index in [4.69, 9.17) is 5.73 Å². The van der Waals surface area contributed by atoms with E-state index in [0.717, 1.165) is 31.7 Å². The molecule has 0 bridgehead atoms. The third kappa shape index (κ3) is 2.07. The minimum absolute atomic E-state index is 0.283. The smallest absolute Gasteiger partial charge is 0.159 e. The van der Waals surface area contributed by atoms with Gasteiger partial charge in [-0.3, -0.25) is 0 Å². The zero-order chi connectivity index (χ0) is 12.5. The van der Waals surface area contributed by atoms with Gasteiger partial charge in [0.1, 0.15) is 0 Å². The summed E-state index contributed by atoms with van der Waals surface area (Å²) < 4.78 is 26.5. The average molecular weight is 241 g/mol. The van der Waals surface area contributed by atoms with E-state index < -0.39 is 11.6 Å². The monoisotopic (exact) mass is 241 g/mol. The largest absolute Gasteiger partial charge is 0.392 e. The van der Waals surface area contributed by atoms with E-state index in [1.165, 1.54) is 6.07 Å². The van der Waals surface area contributed by atoms with Gasteiger partial charge in [-0.25, -0.2) is 8.78 Å². The molecule has 94 valence electrons. The van der Waals surface area contributed by atoms with Crippen LogP contribution in [0.5, 0.6) is 0 Å². The van der Waals surface area contributed by atoms with Crippen LogP contribution in [0.1, 0.15) is 36.8 Å². The molecule has 1 fully saturated rings. The van der Waals surface area contributed by atoms with Gasteiger partial charge >= 0.3 is 0 Å². The van der Waals surface area contributed by atoms with E-state index in [1.54, 1.807) is 0 Å². The first-order chi connectivity index (χ1) is 8.13. The number of nitrogens with two attached hydrogens (primary N) is 1. The summed E-state index contributed by atoms with van der Waals surface area (Å²) in [4.78, 5) is 0. The third-order valence-corrected chi connectivity index (χ3v) is 3.84. The summed E-state index contributed by atoms with van der Waals surface area (Å²) in [5.74, 6) is -1.78. The Balaban J connectivity index is 2.52. The lowest BCUT2D eigenvalue weighted by Gasteiger charge is -2.30. The lowest BCUT2D eigenvalue weighted by atomic mass is 9.76.